The Hall–Kier alpha value is -2.02. The van der Waals surface area contributed by atoms with E-state index in [4.69, 9.17) is 28.5 Å². The molecule has 0 aliphatic rings. The number of hydrogen-bond donors (Lipinski definition) is 0. The highest BCUT2D eigenvalue weighted by Gasteiger charge is 2.14. The summed E-state index contributed by atoms with van der Waals surface area (Å²) in [6.07, 6.45) is 0.628. The number of rotatable bonds is 3. The lowest BCUT2D eigenvalue weighted by Crippen LogP contribution is -2.02. The molecule has 0 spiro atoms. The zero-order chi connectivity index (χ0) is 14.8. The molecular formula is C16H11Cl2N3. The van der Waals surface area contributed by atoms with E-state index in [0.717, 1.165) is 22.5 Å². The average Bonchev–Trinajstić information content (AvgIpc) is 2.87. The van der Waals surface area contributed by atoms with Crippen LogP contribution in [-0.4, -0.2) is 15.4 Å². The number of alkyl halides is 1. The van der Waals surface area contributed by atoms with E-state index in [1.165, 1.54) is 0 Å². The molecule has 0 saturated carbocycles. The lowest BCUT2D eigenvalue weighted by molar-refractivity contribution is 0.912. The van der Waals surface area contributed by atoms with Crippen LogP contribution in [0.4, 0.5) is 0 Å². The molecule has 0 aliphatic carbocycles. The van der Waals surface area contributed by atoms with Crippen LogP contribution in [0.25, 0.3) is 16.7 Å². The molecule has 0 atom stereocenters. The third-order valence-corrected chi connectivity index (χ3v) is 3.75. The van der Waals surface area contributed by atoms with Crippen molar-refractivity contribution in [3.8, 4) is 11.8 Å². The second-order valence-electron chi connectivity index (χ2n) is 4.57. The van der Waals surface area contributed by atoms with Crippen LogP contribution in [0.15, 0.2) is 42.5 Å². The van der Waals surface area contributed by atoms with E-state index >= 15 is 0 Å². The van der Waals surface area contributed by atoms with Crippen molar-refractivity contribution in [2.45, 2.75) is 6.42 Å². The van der Waals surface area contributed by atoms with Crippen LogP contribution in [0.3, 0.4) is 0 Å². The van der Waals surface area contributed by atoms with Crippen LogP contribution >= 0.6 is 23.2 Å². The standard InChI is InChI=1S/C16H11Cl2N3/c17-8-7-15-20-16-13(18)5-2-6-14(16)21(15)12-4-1-3-11(9-12)10-19/h1-6,9H,7-8H2. The summed E-state index contributed by atoms with van der Waals surface area (Å²) >= 11 is 12.1. The molecule has 0 unspecified atom stereocenters. The predicted molar refractivity (Wildman–Crippen MR) is 85.2 cm³/mol. The lowest BCUT2D eigenvalue weighted by atomic mass is 10.2. The van der Waals surface area contributed by atoms with Crippen molar-refractivity contribution in [2.75, 3.05) is 5.88 Å². The van der Waals surface area contributed by atoms with Crippen LogP contribution in [0.1, 0.15) is 11.4 Å². The van der Waals surface area contributed by atoms with Gasteiger partial charge in [-0.3, -0.25) is 4.57 Å². The number of nitriles is 1. The summed E-state index contributed by atoms with van der Waals surface area (Å²) in [5.74, 6) is 1.31. The normalized spacial score (nSPS) is 10.7. The van der Waals surface area contributed by atoms with E-state index in [1.54, 1.807) is 6.07 Å². The first-order valence-electron chi connectivity index (χ1n) is 6.47. The quantitative estimate of drug-likeness (QED) is 0.675. The second-order valence-corrected chi connectivity index (χ2v) is 5.36. The van der Waals surface area contributed by atoms with Crippen molar-refractivity contribution in [3.05, 3.63) is 58.9 Å². The molecular weight excluding hydrogens is 305 g/mol. The van der Waals surface area contributed by atoms with Gasteiger partial charge in [0.25, 0.3) is 0 Å². The minimum absolute atomic E-state index is 0.471. The highest BCUT2D eigenvalue weighted by atomic mass is 35.5. The minimum Gasteiger partial charge on any atom is -0.296 e. The summed E-state index contributed by atoms with van der Waals surface area (Å²) in [6, 6.07) is 15.2. The summed E-state index contributed by atoms with van der Waals surface area (Å²) in [5.41, 5.74) is 3.16. The fraction of sp³-hybridized carbons (Fsp3) is 0.125. The van der Waals surface area contributed by atoms with Crippen LogP contribution < -0.4 is 0 Å². The van der Waals surface area contributed by atoms with Crippen molar-refractivity contribution in [3.63, 3.8) is 0 Å². The fourth-order valence-corrected chi connectivity index (χ4v) is 2.75. The van der Waals surface area contributed by atoms with Crippen molar-refractivity contribution in [2.24, 2.45) is 0 Å². The maximum absolute atomic E-state index is 9.07. The average molecular weight is 316 g/mol. The molecule has 3 nitrogen and oxygen atoms in total. The number of halogens is 2. The number of fused-ring (bicyclic) bond motifs is 1. The molecule has 5 heteroatoms. The maximum Gasteiger partial charge on any atom is 0.115 e. The monoisotopic (exact) mass is 315 g/mol. The molecule has 1 aromatic heterocycles. The van der Waals surface area contributed by atoms with Crippen molar-refractivity contribution < 1.29 is 0 Å². The van der Waals surface area contributed by atoms with Gasteiger partial charge in [-0.25, -0.2) is 4.98 Å². The van der Waals surface area contributed by atoms with E-state index in [9.17, 15) is 0 Å². The van der Waals surface area contributed by atoms with E-state index in [0.29, 0.717) is 22.9 Å². The summed E-state index contributed by atoms with van der Waals surface area (Å²) < 4.78 is 2.00. The Morgan fingerprint density at radius 1 is 1.19 bits per heavy atom. The zero-order valence-electron chi connectivity index (χ0n) is 11.1. The number of nitrogens with zero attached hydrogens (tertiary/aromatic N) is 3. The molecule has 104 valence electrons. The van der Waals surface area contributed by atoms with Crippen molar-refractivity contribution >= 4 is 34.2 Å². The van der Waals surface area contributed by atoms with Gasteiger partial charge in [-0.15, -0.1) is 11.6 Å². The van der Waals surface area contributed by atoms with Crippen LogP contribution in [0.2, 0.25) is 5.02 Å². The Labute approximate surface area is 132 Å². The smallest absolute Gasteiger partial charge is 0.115 e. The molecule has 3 aromatic rings. The molecule has 0 saturated heterocycles. The van der Waals surface area contributed by atoms with Gasteiger partial charge in [0, 0.05) is 18.0 Å². The highest BCUT2D eigenvalue weighted by Crippen LogP contribution is 2.27. The molecule has 0 amide bonds. The van der Waals surface area contributed by atoms with E-state index < -0.39 is 0 Å². The number of aryl methyl sites for hydroxylation is 1. The number of aromatic nitrogens is 2. The largest absolute Gasteiger partial charge is 0.296 e. The molecule has 0 aliphatic heterocycles. The Balaban J connectivity index is 2.31. The van der Waals surface area contributed by atoms with E-state index in [1.807, 2.05) is 41.0 Å². The molecule has 2 aromatic carbocycles. The second kappa shape index (κ2) is 5.77. The molecule has 0 fully saturated rings. The Kier molecular flexibility index (Phi) is 3.83. The zero-order valence-corrected chi connectivity index (χ0v) is 12.6. The van der Waals surface area contributed by atoms with Crippen LogP contribution in [0.5, 0.6) is 0 Å². The van der Waals surface area contributed by atoms with Gasteiger partial charge in [-0.05, 0) is 30.3 Å². The highest BCUT2D eigenvalue weighted by molar-refractivity contribution is 6.35. The first-order chi connectivity index (χ1) is 10.2. The summed E-state index contributed by atoms with van der Waals surface area (Å²) in [6.45, 7) is 0. The van der Waals surface area contributed by atoms with E-state index in [2.05, 4.69) is 11.1 Å². The summed E-state index contributed by atoms with van der Waals surface area (Å²) in [5, 5.41) is 9.68. The first-order valence-corrected chi connectivity index (χ1v) is 7.38. The summed E-state index contributed by atoms with van der Waals surface area (Å²) in [7, 11) is 0. The molecule has 21 heavy (non-hydrogen) atoms. The molecule has 0 radical (unpaired) electrons. The van der Waals surface area contributed by atoms with Gasteiger partial charge in [0.05, 0.1) is 22.2 Å². The number of hydrogen-bond acceptors (Lipinski definition) is 2. The number of benzene rings is 2. The van der Waals surface area contributed by atoms with Crippen molar-refractivity contribution in [1.82, 2.24) is 9.55 Å². The first kappa shape index (κ1) is 13.9. The van der Waals surface area contributed by atoms with Gasteiger partial charge in [-0.1, -0.05) is 23.7 Å². The number of para-hydroxylation sites is 1. The molecule has 3 rings (SSSR count). The van der Waals surface area contributed by atoms with Crippen LogP contribution in [0, 0.1) is 11.3 Å². The van der Waals surface area contributed by atoms with Gasteiger partial charge in [0.1, 0.15) is 11.3 Å². The Bertz CT molecular complexity index is 846. The van der Waals surface area contributed by atoms with E-state index in [-0.39, 0.29) is 0 Å². The minimum atomic E-state index is 0.471. The SMILES string of the molecule is N#Cc1cccc(-n2c(CCCl)nc3c(Cl)cccc32)c1. The molecule has 0 bridgehead atoms. The lowest BCUT2D eigenvalue weighted by Gasteiger charge is -2.09. The van der Waals surface area contributed by atoms with Gasteiger partial charge >= 0.3 is 0 Å². The molecule has 1 heterocycles. The summed E-state index contributed by atoms with van der Waals surface area (Å²) in [4.78, 5) is 4.60. The third-order valence-electron chi connectivity index (χ3n) is 3.26. The van der Waals surface area contributed by atoms with Gasteiger partial charge in [0.2, 0.25) is 0 Å². The molecule has 0 N–H and O–H groups in total. The number of imidazole rings is 1. The van der Waals surface area contributed by atoms with Gasteiger partial charge in [0.15, 0.2) is 0 Å². The van der Waals surface area contributed by atoms with Crippen LogP contribution in [-0.2, 0) is 6.42 Å². The third kappa shape index (κ3) is 2.49. The maximum atomic E-state index is 9.07. The van der Waals surface area contributed by atoms with Crippen molar-refractivity contribution in [1.29, 1.82) is 5.26 Å². The Morgan fingerprint density at radius 2 is 2.00 bits per heavy atom. The topological polar surface area (TPSA) is 41.6 Å². The fourth-order valence-electron chi connectivity index (χ4n) is 2.37. The van der Waals surface area contributed by atoms with Gasteiger partial charge < -0.3 is 0 Å². The van der Waals surface area contributed by atoms with Gasteiger partial charge in [-0.2, -0.15) is 5.26 Å². The Morgan fingerprint density at radius 3 is 2.76 bits per heavy atom. The predicted octanol–water partition coefficient (Wildman–Crippen LogP) is 4.33.